The van der Waals surface area contributed by atoms with Crippen molar-refractivity contribution in [2.75, 3.05) is 0 Å². The van der Waals surface area contributed by atoms with Crippen LogP contribution in [0, 0.1) is 0 Å². The molecule has 0 aromatic carbocycles. The summed E-state index contributed by atoms with van der Waals surface area (Å²) in [4.78, 5) is 4.83. The van der Waals surface area contributed by atoms with Gasteiger partial charge in [0, 0.05) is 12.4 Å². The number of hydrogen-bond acceptors (Lipinski definition) is 2. The van der Waals surface area contributed by atoms with E-state index in [1.54, 1.807) is 17.1 Å². The second kappa shape index (κ2) is 3.74. The third-order valence-corrected chi connectivity index (χ3v) is 0.773. The summed E-state index contributed by atoms with van der Waals surface area (Å²) in [6, 6.07) is 3.76. The maximum atomic E-state index is 4.83. The van der Waals surface area contributed by atoms with Crippen molar-refractivity contribution in [2.45, 2.75) is 0 Å². The lowest BCUT2D eigenvalue weighted by molar-refractivity contribution is 0.215. The van der Waals surface area contributed by atoms with Crippen LogP contribution < -0.4 is 11.0 Å². The summed E-state index contributed by atoms with van der Waals surface area (Å²) in [5, 5.41) is 0. The maximum Gasteiger partial charge on any atom is 0.112 e. The fraction of sp³-hybridized carbons (Fsp3) is 0. The van der Waals surface area contributed by atoms with Crippen molar-refractivity contribution in [2.24, 2.45) is 0 Å². The molecule has 1 heterocycles. The van der Waals surface area contributed by atoms with Crippen molar-refractivity contribution in [3.8, 4) is 0 Å². The molecule has 0 bridgehead atoms. The van der Waals surface area contributed by atoms with Crippen LogP contribution in [-0.4, -0.2) is 4.73 Å². The summed E-state index contributed by atoms with van der Waals surface area (Å²) in [5.41, 5.74) is 0. The largest absolute Gasteiger partial charge is 0.384 e. The summed E-state index contributed by atoms with van der Waals surface area (Å²) in [7, 11) is 0. The Morgan fingerprint density at radius 1 is 1.33 bits per heavy atom. The number of nitrogens with zero attached hydrogens (tertiary/aromatic N) is 1. The number of rotatable bonds is 2. The summed E-state index contributed by atoms with van der Waals surface area (Å²) in [6.45, 7) is 3.39. The summed E-state index contributed by atoms with van der Waals surface area (Å²) >= 11 is 0. The van der Waals surface area contributed by atoms with Crippen molar-refractivity contribution in [3.63, 3.8) is 0 Å². The van der Waals surface area contributed by atoms with Gasteiger partial charge < -0.3 is 11.0 Å². The van der Waals surface area contributed by atoms with Gasteiger partial charge in [-0.05, 0) is 12.1 Å². The highest BCUT2D eigenvalue weighted by atomic mass is 16.6. The molecule has 0 saturated heterocycles. The second-order valence-corrected chi connectivity index (χ2v) is 1.32. The van der Waals surface area contributed by atoms with Crippen molar-refractivity contribution in [3.05, 3.63) is 37.4 Å². The van der Waals surface area contributed by atoms with E-state index in [0.717, 1.165) is 0 Å². The van der Waals surface area contributed by atoms with Crippen LogP contribution in [0.15, 0.2) is 37.4 Å². The van der Waals surface area contributed by atoms with Gasteiger partial charge in [0.2, 0.25) is 0 Å². The van der Waals surface area contributed by atoms with E-state index in [4.69, 9.17) is 4.84 Å². The van der Waals surface area contributed by atoms with Gasteiger partial charge in [0.15, 0.2) is 0 Å². The number of aromatic nitrogens is 1. The maximum absolute atomic E-state index is 4.83. The van der Waals surface area contributed by atoms with Crippen LogP contribution in [0.25, 0.3) is 0 Å². The molecule has 0 fully saturated rings. The average molecular weight is 126 g/mol. The van der Waals surface area contributed by atoms with Crippen LogP contribution in [0.3, 0.4) is 0 Å². The monoisotopic (exact) mass is 126 g/mol. The molecule has 0 amide bonds. The van der Waals surface area contributed by atoms with Gasteiger partial charge in [-0.2, -0.15) is 4.73 Å². The van der Waals surface area contributed by atoms with Gasteiger partial charge in [0.1, 0.15) is 6.26 Å². The van der Waals surface area contributed by atoms with Crippen LogP contribution in [-0.2, 0) is 0 Å². The summed E-state index contributed by atoms with van der Waals surface area (Å²) in [5.74, 6) is 0. The van der Waals surface area contributed by atoms with Crippen molar-refractivity contribution in [1.82, 2.24) is 10.9 Å². The highest BCUT2D eigenvalue weighted by molar-refractivity contribution is 4.88. The highest BCUT2D eigenvalue weighted by Crippen LogP contribution is 1.83. The molecule has 50 valence electrons. The fourth-order valence-corrected chi connectivity index (χ4v) is 0.475. The van der Waals surface area contributed by atoms with Gasteiger partial charge in [-0.15, -0.1) is 0 Å². The average Bonchev–Trinajstić information content (AvgIpc) is 2.19. The molecule has 9 heavy (non-hydrogen) atoms. The van der Waals surface area contributed by atoms with E-state index in [1.165, 1.54) is 6.26 Å². The van der Waals surface area contributed by atoms with Gasteiger partial charge in [-0.25, -0.2) is 0 Å². The van der Waals surface area contributed by atoms with Crippen molar-refractivity contribution < 1.29 is 4.84 Å². The molecule has 1 aromatic heterocycles. The van der Waals surface area contributed by atoms with E-state index < -0.39 is 0 Å². The first kappa shape index (κ1) is 7.78. The van der Waals surface area contributed by atoms with Gasteiger partial charge in [-0.1, -0.05) is 6.58 Å². The lowest BCUT2D eigenvalue weighted by atomic mass is 10.7. The lowest BCUT2D eigenvalue weighted by Crippen LogP contribution is -1.98. The lowest BCUT2D eigenvalue weighted by Gasteiger charge is -1.95. The van der Waals surface area contributed by atoms with Crippen molar-refractivity contribution in [1.29, 1.82) is 0 Å². The Kier molecular flexibility index (Phi) is 3.23. The zero-order valence-electron chi connectivity index (χ0n) is 5.16. The third kappa shape index (κ3) is 2.01. The van der Waals surface area contributed by atoms with Gasteiger partial charge in [0.25, 0.3) is 0 Å². The van der Waals surface area contributed by atoms with Crippen LogP contribution in [0.1, 0.15) is 0 Å². The van der Waals surface area contributed by atoms with E-state index in [1.807, 2.05) is 12.1 Å². The van der Waals surface area contributed by atoms with E-state index in [9.17, 15) is 0 Å². The minimum atomic E-state index is 0. The van der Waals surface area contributed by atoms with Crippen LogP contribution in [0.2, 0.25) is 0 Å². The van der Waals surface area contributed by atoms with Gasteiger partial charge >= 0.3 is 0 Å². The predicted molar refractivity (Wildman–Crippen MR) is 36.2 cm³/mol. The minimum absolute atomic E-state index is 0. The molecule has 0 saturated carbocycles. The molecule has 1 aromatic rings. The zero-order chi connectivity index (χ0) is 5.82. The molecule has 0 aliphatic heterocycles. The topological polar surface area (TPSA) is 49.2 Å². The number of hydrogen-bond donors (Lipinski definition) is 1. The SMILES string of the molecule is C=COn1cccc1.N. The molecule has 0 unspecified atom stereocenters. The highest BCUT2D eigenvalue weighted by Gasteiger charge is 1.77. The Balaban J connectivity index is 0.000000640. The summed E-state index contributed by atoms with van der Waals surface area (Å²) < 4.78 is 1.56. The Morgan fingerprint density at radius 2 is 1.89 bits per heavy atom. The molecule has 0 spiro atoms. The Hall–Kier alpha value is -1.22. The molecule has 1 rings (SSSR count). The van der Waals surface area contributed by atoms with Crippen LogP contribution in [0.5, 0.6) is 0 Å². The molecule has 0 aliphatic carbocycles. The van der Waals surface area contributed by atoms with Gasteiger partial charge in [-0.3, -0.25) is 0 Å². The van der Waals surface area contributed by atoms with Gasteiger partial charge in [0.05, 0.1) is 0 Å². The predicted octanol–water partition coefficient (Wildman–Crippen LogP) is 1.22. The summed E-state index contributed by atoms with van der Waals surface area (Å²) in [6.07, 6.45) is 4.96. The standard InChI is InChI=1S/C6H7NO.H3N/c1-2-8-7-5-3-4-6-7;/h2-6H,1H2;1H3. The molecule has 0 radical (unpaired) electrons. The smallest absolute Gasteiger partial charge is 0.112 e. The van der Waals surface area contributed by atoms with E-state index in [-0.39, 0.29) is 6.15 Å². The molecule has 3 nitrogen and oxygen atoms in total. The molecular weight excluding hydrogens is 116 g/mol. The van der Waals surface area contributed by atoms with E-state index in [0.29, 0.717) is 0 Å². The zero-order valence-corrected chi connectivity index (χ0v) is 5.16. The molecule has 0 aliphatic rings. The fourth-order valence-electron chi connectivity index (χ4n) is 0.475. The first-order valence-corrected chi connectivity index (χ1v) is 2.34. The Labute approximate surface area is 54.1 Å². The first-order valence-electron chi connectivity index (χ1n) is 2.34. The second-order valence-electron chi connectivity index (χ2n) is 1.32. The normalized spacial score (nSPS) is 7.56. The quantitative estimate of drug-likeness (QED) is 0.606. The Bertz CT molecular complexity index is 158. The van der Waals surface area contributed by atoms with Crippen LogP contribution >= 0.6 is 0 Å². The molecule has 3 N–H and O–H groups in total. The third-order valence-electron chi connectivity index (χ3n) is 0.773. The van der Waals surface area contributed by atoms with E-state index in [2.05, 4.69) is 6.58 Å². The van der Waals surface area contributed by atoms with E-state index >= 15 is 0 Å². The molecule has 0 atom stereocenters. The minimum Gasteiger partial charge on any atom is -0.384 e. The molecule has 3 heteroatoms. The van der Waals surface area contributed by atoms with Crippen molar-refractivity contribution >= 4 is 0 Å². The van der Waals surface area contributed by atoms with Crippen LogP contribution in [0.4, 0.5) is 0 Å². The molecular formula is C6H10N2O. The first-order chi connectivity index (χ1) is 3.93. The Morgan fingerprint density at radius 3 is 2.33 bits per heavy atom.